The molecule has 0 saturated carbocycles. The van der Waals surface area contributed by atoms with E-state index >= 15 is 0 Å². The fourth-order valence-electron chi connectivity index (χ4n) is 1.12. The average Bonchev–Trinajstić information content (AvgIpc) is 2.95. The largest absolute Gasteiger partial charge is 0.479 e. The lowest BCUT2D eigenvalue weighted by Crippen LogP contribution is -2.28. The van der Waals surface area contributed by atoms with Crippen molar-refractivity contribution in [3.05, 3.63) is 12.2 Å². The van der Waals surface area contributed by atoms with Crippen LogP contribution in [0.2, 0.25) is 0 Å². The van der Waals surface area contributed by atoms with E-state index in [1.165, 1.54) is 13.8 Å². The lowest BCUT2D eigenvalue weighted by Gasteiger charge is -2.10. The zero-order chi connectivity index (χ0) is 12.5. The lowest BCUT2D eigenvalue weighted by molar-refractivity contribution is -0.154. The van der Waals surface area contributed by atoms with Crippen LogP contribution in [-0.2, 0) is 23.9 Å². The molecule has 1 rings (SSSR count). The van der Waals surface area contributed by atoms with Crippen molar-refractivity contribution in [3.63, 3.8) is 0 Å². The molecule has 0 spiro atoms. The highest BCUT2D eigenvalue weighted by molar-refractivity contribution is 5.99. The summed E-state index contributed by atoms with van der Waals surface area (Å²) < 4.78 is 9.31. The number of ketones is 1. The van der Waals surface area contributed by atoms with Crippen molar-refractivity contribution in [1.29, 1.82) is 0 Å². The van der Waals surface area contributed by atoms with Crippen molar-refractivity contribution >= 4 is 17.7 Å². The fraction of sp³-hybridized carbons (Fsp3) is 0.500. The Hall–Kier alpha value is -1.69. The summed E-state index contributed by atoms with van der Waals surface area (Å²) in [4.78, 5) is 33.0. The van der Waals surface area contributed by atoms with Crippen LogP contribution in [-0.4, -0.2) is 41.1 Å². The molecule has 1 fully saturated rings. The molecule has 3 atom stereocenters. The van der Waals surface area contributed by atoms with Crippen molar-refractivity contribution in [2.45, 2.75) is 32.2 Å². The van der Waals surface area contributed by atoms with Crippen molar-refractivity contribution in [3.8, 4) is 0 Å². The number of epoxide rings is 1. The van der Waals surface area contributed by atoms with E-state index in [1.807, 2.05) is 0 Å². The van der Waals surface area contributed by atoms with Crippen LogP contribution < -0.4 is 0 Å². The Bertz CT molecular complexity index is 358. The maximum absolute atomic E-state index is 11.3. The van der Waals surface area contributed by atoms with Gasteiger partial charge < -0.3 is 14.6 Å². The molecule has 16 heavy (non-hydrogen) atoms. The van der Waals surface area contributed by atoms with Crippen LogP contribution in [0.3, 0.4) is 0 Å². The standard InChI is InChI=1S/C10H12O6/c1-4(2)6(11)5(3)15-10(14)8-7(16-8)9(12)13/h5,7-8H,1H2,2-3H3,(H,12,13). The highest BCUT2D eigenvalue weighted by Gasteiger charge is 2.52. The van der Waals surface area contributed by atoms with Gasteiger partial charge in [0.15, 0.2) is 24.1 Å². The highest BCUT2D eigenvalue weighted by atomic mass is 16.7. The first-order chi connectivity index (χ1) is 7.34. The molecule has 1 heterocycles. The Balaban J connectivity index is 2.45. The van der Waals surface area contributed by atoms with Gasteiger partial charge in [0.05, 0.1) is 0 Å². The summed E-state index contributed by atoms with van der Waals surface area (Å²) >= 11 is 0. The summed E-state index contributed by atoms with van der Waals surface area (Å²) in [5, 5.41) is 8.49. The Morgan fingerprint density at radius 1 is 1.38 bits per heavy atom. The summed E-state index contributed by atoms with van der Waals surface area (Å²) in [6, 6.07) is 0. The van der Waals surface area contributed by atoms with Crippen LogP contribution in [0.25, 0.3) is 0 Å². The number of Topliss-reactive ketones (excluding diaryl/α,β-unsaturated/α-hetero) is 1. The number of hydrogen-bond donors (Lipinski definition) is 1. The Kier molecular flexibility index (Phi) is 3.44. The van der Waals surface area contributed by atoms with E-state index in [-0.39, 0.29) is 5.57 Å². The second-order valence-electron chi connectivity index (χ2n) is 3.54. The molecule has 1 N–H and O–H groups in total. The Morgan fingerprint density at radius 2 is 1.94 bits per heavy atom. The first-order valence-electron chi connectivity index (χ1n) is 4.63. The van der Waals surface area contributed by atoms with Crippen LogP contribution in [0.4, 0.5) is 0 Å². The molecule has 6 nitrogen and oxygen atoms in total. The number of carbonyl (C=O) groups excluding carboxylic acids is 2. The lowest BCUT2D eigenvalue weighted by atomic mass is 10.1. The van der Waals surface area contributed by atoms with Crippen LogP contribution in [0.1, 0.15) is 13.8 Å². The number of rotatable bonds is 5. The second-order valence-corrected chi connectivity index (χ2v) is 3.54. The van der Waals surface area contributed by atoms with E-state index in [0.29, 0.717) is 0 Å². The molecule has 0 aliphatic carbocycles. The highest BCUT2D eigenvalue weighted by Crippen LogP contribution is 2.24. The second kappa shape index (κ2) is 4.44. The molecule has 0 bridgehead atoms. The van der Waals surface area contributed by atoms with E-state index in [9.17, 15) is 14.4 Å². The van der Waals surface area contributed by atoms with Gasteiger partial charge in [0.2, 0.25) is 0 Å². The van der Waals surface area contributed by atoms with Crippen molar-refractivity contribution in [2.24, 2.45) is 0 Å². The van der Waals surface area contributed by atoms with E-state index in [4.69, 9.17) is 9.84 Å². The maximum Gasteiger partial charge on any atom is 0.339 e. The zero-order valence-electron chi connectivity index (χ0n) is 8.93. The van der Waals surface area contributed by atoms with Crippen molar-refractivity contribution in [1.82, 2.24) is 0 Å². The molecule has 1 aliphatic rings. The SMILES string of the molecule is C=C(C)C(=O)C(C)OC(=O)C1OC1C(=O)O. The number of aliphatic carboxylic acids is 1. The average molecular weight is 228 g/mol. The quantitative estimate of drug-likeness (QED) is 0.401. The van der Waals surface area contributed by atoms with Crippen molar-refractivity contribution in [2.75, 3.05) is 0 Å². The third-order valence-electron chi connectivity index (χ3n) is 2.05. The Morgan fingerprint density at radius 3 is 2.31 bits per heavy atom. The molecule has 1 saturated heterocycles. The number of carboxylic acid groups (broad SMARTS) is 1. The predicted molar refractivity (Wildman–Crippen MR) is 51.7 cm³/mol. The monoisotopic (exact) mass is 228 g/mol. The molecule has 0 aromatic carbocycles. The first kappa shape index (κ1) is 12.4. The van der Waals surface area contributed by atoms with Crippen LogP contribution in [0.5, 0.6) is 0 Å². The van der Waals surface area contributed by atoms with Crippen LogP contribution in [0.15, 0.2) is 12.2 Å². The third-order valence-corrected chi connectivity index (χ3v) is 2.05. The maximum atomic E-state index is 11.3. The number of carboxylic acids is 1. The van der Waals surface area contributed by atoms with E-state index in [1.54, 1.807) is 0 Å². The van der Waals surface area contributed by atoms with Crippen molar-refractivity contribution < 1.29 is 29.0 Å². The molecule has 3 unspecified atom stereocenters. The minimum Gasteiger partial charge on any atom is -0.479 e. The number of esters is 1. The molecule has 6 heteroatoms. The van der Waals surface area contributed by atoms with Gasteiger partial charge in [-0.15, -0.1) is 0 Å². The van der Waals surface area contributed by atoms with Gasteiger partial charge in [0.25, 0.3) is 0 Å². The molecule has 1 aliphatic heterocycles. The molecule has 0 aromatic rings. The molecular formula is C10H12O6. The summed E-state index contributed by atoms with van der Waals surface area (Å²) in [6.07, 6.45) is -3.22. The number of carbonyl (C=O) groups is 3. The summed E-state index contributed by atoms with van der Waals surface area (Å²) in [6.45, 7) is 6.32. The van der Waals surface area contributed by atoms with Gasteiger partial charge in [-0.05, 0) is 19.4 Å². The minimum absolute atomic E-state index is 0.270. The fourth-order valence-corrected chi connectivity index (χ4v) is 1.12. The summed E-state index contributed by atoms with van der Waals surface area (Å²) in [7, 11) is 0. The van der Waals surface area contributed by atoms with Gasteiger partial charge in [-0.1, -0.05) is 6.58 Å². The van der Waals surface area contributed by atoms with Gasteiger partial charge >= 0.3 is 11.9 Å². The molecule has 0 aromatic heterocycles. The summed E-state index contributed by atoms with van der Waals surface area (Å²) in [5.41, 5.74) is 0.270. The van der Waals surface area contributed by atoms with Gasteiger partial charge in [0, 0.05) is 0 Å². The van der Waals surface area contributed by atoms with Gasteiger partial charge in [-0.3, -0.25) is 4.79 Å². The smallest absolute Gasteiger partial charge is 0.339 e. The van der Waals surface area contributed by atoms with Gasteiger partial charge in [-0.25, -0.2) is 9.59 Å². The van der Waals surface area contributed by atoms with Crippen LogP contribution >= 0.6 is 0 Å². The zero-order valence-corrected chi connectivity index (χ0v) is 8.93. The normalized spacial score (nSPS) is 24.4. The summed E-state index contributed by atoms with van der Waals surface area (Å²) in [5.74, 6) is -2.46. The number of hydrogen-bond acceptors (Lipinski definition) is 5. The molecule has 0 radical (unpaired) electrons. The first-order valence-corrected chi connectivity index (χ1v) is 4.63. The van der Waals surface area contributed by atoms with E-state index in [0.717, 1.165) is 0 Å². The molecule has 0 amide bonds. The molecule has 88 valence electrons. The van der Waals surface area contributed by atoms with E-state index in [2.05, 4.69) is 11.3 Å². The third kappa shape index (κ3) is 2.66. The Labute approximate surface area is 91.8 Å². The van der Waals surface area contributed by atoms with Crippen LogP contribution in [0, 0.1) is 0 Å². The van der Waals surface area contributed by atoms with E-state index < -0.39 is 36.0 Å². The topological polar surface area (TPSA) is 93.2 Å². The van der Waals surface area contributed by atoms with Gasteiger partial charge in [-0.2, -0.15) is 0 Å². The minimum atomic E-state index is -1.22. The molecular weight excluding hydrogens is 216 g/mol. The van der Waals surface area contributed by atoms with Gasteiger partial charge in [0.1, 0.15) is 0 Å². The number of ether oxygens (including phenoxy) is 2. The predicted octanol–water partition coefficient (Wildman–Crippen LogP) is -0.0847.